The lowest BCUT2D eigenvalue weighted by molar-refractivity contribution is -0.130. The van der Waals surface area contributed by atoms with E-state index >= 15 is 0 Å². The van der Waals surface area contributed by atoms with Crippen LogP contribution in [0, 0.1) is 0 Å². The van der Waals surface area contributed by atoms with Crippen LogP contribution in [0.2, 0.25) is 5.02 Å². The van der Waals surface area contributed by atoms with E-state index in [1.807, 2.05) is 0 Å². The molecule has 4 N–H and O–H groups in total. The summed E-state index contributed by atoms with van der Waals surface area (Å²) < 4.78 is 28.4. The standard InChI is InChI=1S/C23H28ClN7O4S2/c1-29(2)21(32)9-15-12-30(37(34,35)20-8-13-7-14(24)3-4-16(13)27-20)5-6-31(15)23(33)22-28-17-10-19(25)26-11-18(17)36-22/h3-4,7-8,15,19,26-27H,5-6,9-12,25H2,1-2H3. The van der Waals surface area contributed by atoms with Gasteiger partial charge in [0.1, 0.15) is 5.03 Å². The highest BCUT2D eigenvalue weighted by atomic mass is 35.5. The highest BCUT2D eigenvalue weighted by Crippen LogP contribution is 2.29. The molecule has 0 radical (unpaired) electrons. The first kappa shape index (κ1) is 26.1. The molecule has 11 nitrogen and oxygen atoms in total. The van der Waals surface area contributed by atoms with Gasteiger partial charge in [-0.05, 0) is 24.3 Å². The monoisotopic (exact) mass is 565 g/mol. The molecule has 2 aliphatic heterocycles. The van der Waals surface area contributed by atoms with Gasteiger partial charge in [-0.15, -0.1) is 11.3 Å². The molecule has 2 atom stereocenters. The van der Waals surface area contributed by atoms with Crippen LogP contribution in [0.1, 0.15) is 26.8 Å². The minimum absolute atomic E-state index is 0.00934. The van der Waals surface area contributed by atoms with Crippen molar-refractivity contribution in [1.82, 2.24) is 29.4 Å². The molecule has 1 fully saturated rings. The van der Waals surface area contributed by atoms with E-state index in [2.05, 4.69) is 15.3 Å². The molecule has 2 aromatic heterocycles. The van der Waals surface area contributed by atoms with Gasteiger partial charge in [0.05, 0.1) is 17.9 Å². The van der Waals surface area contributed by atoms with Crippen LogP contribution in [0.3, 0.4) is 0 Å². The minimum Gasteiger partial charge on any atom is -0.349 e. The topological polar surface area (TPSA) is 145 Å². The summed E-state index contributed by atoms with van der Waals surface area (Å²) in [5.74, 6) is -0.502. The van der Waals surface area contributed by atoms with Crippen molar-refractivity contribution < 1.29 is 18.0 Å². The Bertz CT molecular complexity index is 1470. The second-order valence-electron chi connectivity index (χ2n) is 9.45. The summed E-state index contributed by atoms with van der Waals surface area (Å²) in [5.41, 5.74) is 7.42. The number of thiazole rings is 1. The van der Waals surface area contributed by atoms with Crippen LogP contribution >= 0.6 is 22.9 Å². The maximum Gasteiger partial charge on any atom is 0.283 e. The number of nitrogens with one attached hydrogen (secondary N) is 2. The number of amides is 2. The second-order valence-corrected chi connectivity index (χ2v) is 12.9. The Hall–Kier alpha value is -2.55. The number of hydrogen-bond donors (Lipinski definition) is 3. The van der Waals surface area contributed by atoms with Crippen LogP contribution in [0.25, 0.3) is 10.9 Å². The van der Waals surface area contributed by atoms with Crippen molar-refractivity contribution in [1.29, 1.82) is 0 Å². The van der Waals surface area contributed by atoms with Crippen LogP contribution in [-0.2, 0) is 27.8 Å². The molecule has 14 heteroatoms. The first-order valence-electron chi connectivity index (χ1n) is 11.8. The Morgan fingerprint density at radius 3 is 2.81 bits per heavy atom. The largest absolute Gasteiger partial charge is 0.349 e. The van der Waals surface area contributed by atoms with Gasteiger partial charge in [0.25, 0.3) is 15.9 Å². The fourth-order valence-electron chi connectivity index (χ4n) is 4.63. The SMILES string of the molecule is CN(C)C(=O)CC1CN(S(=O)(=O)c2cc3cc(Cl)ccc3[nH]2)CCN1C(=O)c1nc2c(s1)CNC(N)C2. The number of aromatic nitrogens is 2. The molecule has 4 heterocycles. The number of piperazine rings is 1. The Morgan fingerprint density at radius 1 is 1.27 bits per heavy atom. The number of fused-ring (bicyclic) bond motifs is 2. The molecule has 198 valence electrons. The molecular weight excluding hydrogens is 538 g/mol. The molecule has 5 rings (SSSR count). The number of hydrogen-bond acceptors (Lipinski definition) is 8. The maximum absolute atomic E-state index is 13.6. The molecule has 1 aromatic carbocycles. The van der Waals surface area contributed by atoms with E-state index in [1.54, 1.807) is 43.3 Å². The van der Waals surface area contributed by atoms with Gasteiger partial charge in [-0.3, -0.25) is 14.9 Å². The average Bonchev–Trinajstić information content (AvgIpc) is 3.47. The lowest BCUT2D eigenvalue weighted by Crippen LogP contribution is -2.57. The quantitative estimate of drug-likeness (QED) is 0.421. The van der Waals surface area contributed by atoms with Crippen LogP contribution in [-0.4, -0.2) is 90.2 Å². The van der Waals surface area contributed by atoms with E-state index in [0.29, 0.717) is 33.9 Å². The number of aromatic amines is 1. The van der Waals surface area contributed by atoms with Crippen molar-refractivity contribution >= 4 is 55.7 Å². The zero-order valence-electron chi connectivity index (χ0n) is 20.4. The minimum atomic E-state index is -3.91. The number of nitrogens with zero attached hydrogens (tertiary/aromatic N) is 4. The van der Waals surface area contributed by atoms with E-state index in [4.69, 9.17) is 17.3 Å². The Kier molecular flexibility index (Phi) is 7.02. The zero-order chi connectivity index (χ0) is 26.5. The maximum atomic E-state index is 13.6. The predicted molar refractivity (Wildman–Crippen MR) is 141 cm³/mol. The van der Waals surface area contributed by atoms with Gasteiger partial charge in [0.15, 0.2) is 5.01 Å². The number of sulfonamides is 1. The van der Waals surface area contributed by atoms with Crippen molar-refractivity contribution in [3.63, 3.8) is 0 Å². The summed E-state index contributed by atoms with van der Waals surface area (Å²) >= 11 is 7.37. The molecule has 1 saturated heterocycles. The van der Waals surface area contributed by atoms with Crippen molar-refractivity contribution in [2.24, 2.45) is 5.73 Å². The molecule has 0 aliphatic carbocycles. The number of H-pyrrole nitrogens is 1. The summed E-state index contributed by atoms with van der Waals surface area (Å²) in [7, 11) is -0.648. The van der Waals surface area contributed by atoms with Crippen LogP contribution in [0.15, 0.2) is 29.3 Å². The normalized spacial score (nSPS) is 20.7. The third-order valence-corrected chi connectivity index (χ3v) is 9.80. The van der Waals surface area contributed by atoms with E-state index in [9.17, 15) is 18.0 Å². The number of benzene rings is 1. The van der Waals surface area contributed by atoms with E-state index in [-0.39, 0.29) is 49.1 Å². The van der Waals surface area contributed by atoms with Crippen molar-refractivity contribution in [2.45, 2.75) is 36.6 Å². The fraction of sp³-hybridized carbons (Fsp3) is 0.435. The average molecular weight is 566 g/mol. The molecule has 2 amide bonds. The van der Waals surface area contributed by atoms with E-state index in [0.717, 1.165) is 10.6 Å². The smallest absolute Gasteiger partial charge is 0.283 e. The van der Waals surface area contributed by atoms with Crippen LogP contribution in [0.4, 0.5) is 0 Å². The predicted octanol–water partition coefficient (Wildman–Crippen LogP) is 1.20. The van der Waals surface area contributed by atoms with E-state index in [1.165, 1.54) is 20.5 Å². The van der Waals surface area contributed by atoms with Gasteiger partial charge >= 0.3 is 0 Å². The Balaban J connectivity index is 1.41. The van der Waals surface area contributed by atoms with Gasteiger partial charge in [0, 0.05) is 73.9 Å². The summed E-state index contributed by atoms with van der Waals surface area (Å²) in [4.78, 5) is 37.7. The molecule has 2 unspecified atom stereocenters. The number of nitrogens with two attached hydrogens (primary N) is 1. The van der Waals surface area contributed by atoms with Crippen LogP contribution in [0.5, 0.6) is 0 Å². The van der Waals surface area contributed by atoms with Gasteiger partial charge in [0.2, 0.25) is 5.91 Å². The number of halogens is 1. The third kappa shape index (κ3) is 5.11. The highest BCUT2D eigenvalue weighted by Gasteiger charge is 2.39. The van der Waals surface area contributed by atoms with Gasteiger partial charge in [-0.25, -0.2) is 13.4 Å². The number of carbonyl (C=O) groups is 2. The molecule has 0 saturated carbocycles. The number of carbonyl (C=O) groups excluding carboxylic acids is 2. The fourth-order valence-corrected chi connectivity index (χ4v) is 7.29. The molecule has 2 aliphatic rings. The van der Waals surface area contributed by atoms with Crippen LogP contribution < -0.4 is 11.1 Å². The van der Waals surface area contributed by atoms with Gasteiger partial charge < -0.3 is 20.5 Å². The summed E-state index contributed by atoms with van der Waals surface area (Å²) in [6.45, 7) is 0.763. The van der Waals surface area contributed by atoms with Crippen molar-refractivity contribution in [2.75, 3.05) is 33.7 Å². The van der Waals surface area contributed by atoms with E-state index < -0.39 is 16.1 Å². The highest BCUT2D eigenvalue weighted by molar-refractivity contribution is 7.89. The number of rotatable bonds is 5. The zero-order valence-corrected chi connectivity index (χ0v) is 22.8. The van der Waals surface area contributed by atoms with Crippen molar-refractivity contribution in [3.8, 4) is 0 Å². The molecule has 0 bridgehead atoms. The summed E-state index contributed by atoms with van der Waals surface area (Å²) in [5, 5.41) is 4.71. The molecule has 3 aromatic rings. The Morgan fingerprint density at radius 2 is 2.05 bits per heavy atom. The summed E-state index contributed by atoms with van der Waals surface area (Å²) in [6, 6.07) is 6.00. The lowest BCUT2D eigenvalue weighted by Gasteiger charge is -2.40. The lowest BCUT2D eigenvalue weighted by atomic mass is 10.1. The van der Waals surface area contributed by atoms with Gasteiger partial charge in [-0.2, -0.15) is 4.31 Å². The second kappa shape index (κ2) is 9.97. The molecule has 0 spiro atoms. The molecular formula is C23H28ClN7O4S2. The molecule has 37 heavy (non-hydrogen) atoms. The summed E-state index contributed by atoms with van der Waals surface area (Å²) in [6.07, 6.45) is 0.311. The Labute approximate surface area is 223 Å². The third-order valence-electron chi connectivity index (χ3n) is 6.69. The first-order valence-corrected chi connectivity index (χ1v) is 14.4. The van der Waals surface area contributed by atoms with Crippen molar-refractivity contribution in [3.05, 3.63) is 44.9 Å². The first-order chi connectivity index (χ1) is 17.5. The van der Waals surface area contributed by atoms with Gasteiger partial charge in [-0.1, -0.05) is 11.6 Å².